The fourth-order valence-electron chi connectivity index (χ4n) is 3.44. The lowest BCUT2D eigenvalue weighted by atomic mass is 10.0. The van der Waals surface area contributed by atoms with Crippen molar-refractivity contribution in [2.45, 2.75) is 32.4 Å². The molecule has 0 unspecified atom stereocenters. The third-order valence-electron chi connectivity index (χ3n) is 4.75. The highest BCUT2D eigenvalue weighted by Gasteiger charge is 2.33. The van der Waals surface area contributed by atoms with Gasteiger partial charge in [0.15, 0.2) is 11.5 Å². The van der Waals surface area contributed by atoms with Crippen LogP contribution >= 0.6 is 0 Å². The molecule has 0 radical (unpaired) electrons. The second kappa shape index (κ2) is 7.52. The lowest BCUT2D eigenvalue weighted by molar-refractivity contribution is -0.275. The van der Waals surface area contributed by atoms with Crippen molar-refractivity contribution in [3.05, 3.63) is 47.8 Å². The van der Waals surface area contributed by atoms with Crippen molar-refractivity contribution in [2.24, 2.45) is 0 Å². The maximum atomic E-state index is 12.6. The van der Waals surface area contributed by atoms with Crippen molar-refractivity contribution in [3.8, 4) is 28.4 Å². The van der Waals surface area contributed by atoms with Crippen LogP contribution in [0.25, 0.3) is 16.9 Å². The number of ether oxygens (including phenoxy) is 3. The van der Waals surface area contributed by atoms with Crippen molar-refractivity contribution in [1.82, 2.24) is 14.8 Å². The standard InChI is InChI=1S/C20H19F3N4O3/c1-11-7-15-14(10-29-11)19(12-5-6-25-18(24)8-12)26-27(15)13-3-4-16(17(9-13)28-2)30-20(21,22)23/h3-6,8-9,11H,7,10H2,1-2H3,(H2,24,25)/t11-/m0/s1. The molecule has 0 saturated carbocycles. The van der Waals surface area contributed by atoms with Crippen LogP contribution in [0.5, 0.6) is 11.5 Å². The third kappa shape index (κ3) is 3.90. The number of pyridine rings is 1. The number of fused-ring (bicyclic) bond motifs is 1. The smallest absolute Gasteiger partial charge is 0.493 e. The molecule has 1 atom stereocenters. The molecule has 1 aromatic carbocycles. The van der Waals surface area contributed by atoms with Gasteiger partial charge in [-0.3, -0.25) is 0 Å². The lowest BCUT2D eigenvalue weighted by Gasteiger charge is -2.21. The summed E-state index contributed by atoms with van der Waals surface area (Å²) >= 11 is 0. The number of nitrogens with two attached hydrogens (primary N) is 1. The first-order chi connectivity index (χ1) is 14.2. The molecule has 10 heteroatoms. The van der Waals surface area contributed by atoms with Gasteiger partial charge in [0.05, 0.1) is 36.9 Å². The fraction of sp³-hybridized carbons (Fsp3) is 0.300. The van der Waals surface area contributed by atoms with E-state index < -0.39 is 12.1 Å². The van der Waals surface area contributed by atoms with E-state index in [1.807, 2.05) is 6.92 Å². The van der Waals surface area contributed by atoms with Crippen molar-refractivity contribution >= 4 is 5.82 Å². The largest absolute Gasteiger partial charge is 0.573 e. The number of hydrogen-bond acceptors (Lipinski definition) is 6. The van der Waals surface area contributed by atoms with Crippen molar-refractivity contribution in [2.75, 3.05) is 12.8 Å². The zero-order chi connectivity index (χ0) is 21.5. The molecule has 7 nitrogen and oxygen atoms in total. The molecule has 2 N–H and O–H groups in total. The van der Waals surface area contributed by atoms with Gasteiger partial charge in [-0.05, 0) is 31.2 Å². The summed E-state index contributed by atoms with van der Waals surface area (Å²) in [5.74, 6) is -0.117. The molecule has 1 aliphatic heterocycles. The summed E-state index contributed by atoms with van der Waals surface area (Å²) in [4.78, 5) is 4.01. The quantitative estimate of drug-likeness (QED) is 0.690. The molecule has 0 saturated heterocycles. The van der Waals surface area contributed by atoms with Crippen LogP contribution in [0.1, 0.15) is 18.2 Å². The van der Waals surface area contributed by atoms with Gasteiger partial charge in [0.25, 0.3) is 0 Å². The normalized spacial score (nSPS) is 16.2. The van der Waals surface area contributed by atoms with Gasteiger partial charge in [-0.15, -0.1) is 13.2 Å². The SMILES string of the molecule is COc1cc(-n2nc(-c3ccnc(N)c3)c3c2C[C@H](C)OC3)ccc1OC(F)(F)F. The third-order valence-corrected chi connectivity index (χ3v) is 4.75. The first-order valence-corrected chi connectivity index (χ1v) is 9.13. The molecular formula is C20H19F3N4O3. The number of nitrogens with zero attached hydrogens (tertiary/aromatic N) is 3. The number of hydrogen-bond donors (Lipinski definition) is 1. The van der Waals surface area contributed by atoms with Crippen LogP contribution in [-0.4, -0.2) is 34.3 Å². The molecule has 2 aromatic heterocycles. The van der Waals surface area contributed by atoms with E-state index in [0.29, 0.717) is 30.2 Å². The minimum Gasteiger partial charge on any atom is -0.493 e. The number of nitrogen functional groups attached to an aromatic ring is 1. The summed E-state index contributed by atoms with van der Waals surface area (Å²) in [7, 11) is 1.28. The Bertz CT molecular complexity index is 1080. The Morgan fingerprint density at radius 1 is 1.20 bits per heavy atom. The Balaban J connectivity index is 1.83. The Morgan fingerprint density at radius 3 is 2.70 bits per heavy atom. The molecule has 3 heterocycles. The van der Waals surface area contributed by atoms with Crippen LogP contribution in [0.3, 0.4) is 0 Å². The van der Waals surface area contributed by atoms with E-state index in [1.165, 1.54) is 25.3 Å². The molecule has 0 amide bonds. The Kier molecular flexibility index (Phi) is 5.02. The number of anilines is 1. The minimum atomic E-state index is -4.82. The highest BCUT2D eigenvalue weighted by molar-refractivity contribution is 5.67. The highest BCUT2D eigenvalue weighted by atomic mass is 19.4. The van der Waals surface area contributed by atoms with E-state index in [2.05, 4.69) is 9.72 Å². The van der Waals surface area contributed by atoms with Crippen LogP contribution in [0, 0.1) is 0 Å². The molecule has 0 fully saturated rings. The Hall–Kier alpha value is -3.27. The maximum Gasteiger partial charge on any atom is 0.573 e. The number of methoxy groups -OCH3 is 1. The zero-order valence-corrected chi connectivity index (χ0v) is 16.2. The predicted octanol–water partition coefficient (Wildman–Crippen LogP) is 3.88. The maximum absolute atomic E-state index is 12.6. The molecule has 4 rings (SSSR count). The highest BCUT2D eigenvalue weighted by Crippen LogP contribution is 2.37. The molecule has 158 valence electrons. The first-order valence-electron chi connectivity index (χ1n) is 9.13. The van der Waals surface area contributed by atoms with Gasteiger partial charge in [-0.1, -0.05) is 0 Å². The average Bonchev–Trinajstić information content (AvgIpc) is 3.06. The number of benzene rings is 1. The van der Waals surface area contributed by atoms with E-state index in [9.17, 15) is 13.2 Å². The number of halogens is 3. The molecule has 0 bridgehead atoms. The summed E-state index contributed by atoms with van der Waals surface area (Å²) < 4.78 is 54.6. The van der Waals surface area contributed by atoms with Gasteiger partial charge in [0.2, 0.25) is 0 Å². The predicted molar refractivity (Wildman–Crippen MR) is 102 cm³/mol. The van der Waals surface area contributed by atoms with Crippen molar-refractivity contribution < 1.29 is 27.4 Å². The Morgan fingerprint density at radius 2 is 2.00 bits per heavy atom. The number of rotatable bonds is 4. The molecule has 3 aromatic rings. The first kappa shape index (κ1) is 20.0. The summed E-state index contributed by atoms with van der Waals surface area (Å²) in [5, 5.41) is 4.72. The van der Waals surface area contributed by atoms with E-state index >= 15 is 0 Å². The van der Waals surface area contributed by atoms with Crippen LogP contribution in [-0.2, 0) is 17.8 Å². The van der Waals surface area contributed by atoms with Crippen molar-refractivity contribution in [3.63, 3.8) is 0 Å². The van der Waals surface area contributed by atoms with Gasteiger partial charge in [0.1, 0.15) is 5.82 Å². The summed E-state index contributed by atoms with van der Waals surface area (Å²) in [6.45, 7) is 2.31. The second-order valence-corrected chi connectivity index (χ2v) is 6.86. The number of aromatic nitrogens is 3. The van der Waals surface area contributed by atoms with Gasteiger partial charge in [-0.2, -0.15) is 5.10 Å². The summed E-state index contributed by atoms with van der Waals surface area (Å²) in [6, 6.07) is 7.68. The zero-order valence-electron chi connectivity index (χ0n) is 16.2. The molecule has 30 heavy (non-hydrogen) atoms. The molecule has 0 aliphatic carbocycles. The molecular weight excluding hydrogens is 401 g/mol. The monoisotopic (exact) mass is 420 g/mol. The van der Waals surface area contributed by atoms with Gasteiger partial charge in [-0.25, -0.2) is 9.67 Å². The van der Waals surface area contributed by atoms with Gasteiger partial charge < -0.3 is 19.9 Å². The Labute approximate surface area is 170 Å². The molecule has 1 aliphatic rings. The summed E-state index contributed by atoms with van der Waals surface area (Å²) in [6.07, 6.45) is -2.67. The topological polar surface area (TPSA) is 84.4 Å². The van der Waals surface area contributed by atoms with Gasteiger partial charge in [0, 0.05) is 29.8 Å². The van der Waals surface area contributed by atoms with Gasteiger partial charge >= 0.3 is 6.36 Å². The van der Waals surface area contributed by atoms with E-state index in [4.69, 9.17) is 20.3 Å². The average molecular weight is 420 g/mol. The van der Waals surface area contributed by atoms with E-state index in [1.54, 1.807) is 23.0 Å². The van der Waals surface area contributed by atoms with E-state index in [0.717, 1.165) is 16.8 Å². The molecule has 0 spiro atoms. The van der Waals surface area contributed by atoms with E-state index in [-0.39, 0.29) is 11.9 Å². The van der Waals surface area contributed by atoms with Crippen LogP contribution in [0.15, 0.2) is 36.5 Å². The second-order valence-electron chi connectivity index (χ2n) is 6.86. The van der Waals surface area contributed by atoms with Crippen LogP contribution < -0.4 is 15.2 Å². The van der Waals surface area contributed by atoms with Crippen LogP contribution in [0.4, 0.5) is 19.0 Å². The lowest BCUT2D eigenvalue weighted by Crippen LogP contribution is -2.21. The van der Waals surface area contributed by atoms with Crippen LogP contribution in [0.2, 0.25) is 0 Å². The van der Waals surface area contributed by atoms with Crippen molar-refractivity contribution in [1.29, 1.82) is 0 Å². The number of alkyl halides is 3. The summed E-state index contributed by atoms with van der Waals surface area (Å²) in [5.41, 5.74) is 9.62. The minimum absolute atomic E-state index is 0.0296. The fourth-order valence-corrected chi connectivity index (χ4v) is 3.44.